The summed E-state index contributed by atoms with van der Waals surface area (Å²) in [5.41, 5.74) is 6.83. The monoisotopic (exact) mass is 210 g/mol. The van der Waals surface area contributed by atoms with E-state index in [4.69, 9.17) is 5.84 Å². The fourth-order valence-corrected chi connectivity index (χ4v) is 2.15. The molecule has 3 heteroatoms. The highest BCUT2D eigenvalue weighted by molar-refractivity contribution is 7.98. The van der Waals surface area contributed by atoms with Gasteiger partial charge in [-0.05, 0) is 36.8 Å². The summed E-state index contributed by atoms with van der Waals surface area (Å²) in [5.74, 6) is 6.55. The maximum Gasteiger partial charge on any atom is 0.0552 e. The third-order valence-electron chi connectivity index (χ3n) is 2.56. The third-order valence-corrected chi connectivity index (χ3v) is 3.22. The Labute approximate surface area is 90.2 Å². The van der Waals surface area contributed by atoms with Crippen molar-refractivity contribution in [2.24, 2.45) is 5.84 Å². The number of hydrazine groups is 1. The topological polar surface area (TPSA) is 38.0 Å². The fraction of sp³-hybridized carbons (Fsp3) is 0.455. The molecule has 14 heavy (non-hydrogen) atoms. The van der Waals surface area contributed by atoms with Crippen LogP contribution >= 0.6 is 11.8 Å². The Morgan fingerprint density at radius 2 is 2.14 bits per heavy atom. The summed E-state index contributed by atoms with van der Waals surface area (Å²) in [6.07, 6.45) is 2.09. The number of hydrogen-bond donors (Lipinski definition) is 2. The highest BCUT2D eigenvalue weighted by Crippen LogP contribution is 2.22. The lowest BCUT2D eigenvalue weighted by Gasteiger charge is -2.18. The van der Waals surface area contributed by atoms with E-state index in [2.05, 4.69) is 43.7 Å². The average Bonchev–Trinajstić information content (AvgIpc) is 2.19. The van der Waals surface area contributed by atoms with Crippen molar-refractivity contribution in [3.05, 3.63) is 34.9 Å². The molecule has 0 aliphatic rings. The summed E-state index contributed by atoms with van der Waals surface area (Å²) in [5, 5.41) is 0. The quantitative estimate of drug-likeness (QED) is 0.591. The molecule has 1 rings (SSSR count). The van der Waals surface area contributed by atoms with Crippen molar-refractivity contribution in [3.8, 4) is 0 Å². The Morgan fingerprint density at radius 1 is 1.43 bits per heavy atom. The second-order valence-electron chi connectivity index (χ2n) is 3.46. The van der Waals surface area contributed by atoms with Gasteiger partial charge in [0, 0.05) is 5.75 Å². The van der Waals surface area contributed by atoms with Gasteiger partial charge in [0.15, 0.2) is 0 Å². The van der Waals surface area contributed by atoms with E-state index in [1.807, 2.05) is 0 Å². The predicted octanol–water partition coefficient (Wildman–Crippen LogP) is 2.17. The minimum atomic E-state index is 0.255. The number of thioether (sulfide) groups is 1. The summed E-state index contributed by atoms with van der Waals surface area (Å²) in [4.78, 5) is 0. The van der Waals surface area contributed by atoms with Crippen molar-refractivity contribution in [3.63, 3.8) is 0 Å². The molecule has 0 aliphatic carbocycles. The minimum absolute atomic E-state index is 0.255. The van der Waals surface area contributed by atoms with Crippen molar-refractivity contribution in [2.75, 3.05) is 12.0 Å². The lowest BCUT2D eigenvalue weighted by atomic mass is 9.99. The molecule has 3 N–H and O–H groups in total. The van der Waals surface area contributed by atoms with E-state index in [9.17, 15) is 0 Å². The Balaban J connectivity index is 2.97. The van der Waals surface area contributed by atoms with Gasteiger partial charge in [-0.1, -0.05) is 18.2 Å². The summed E-state index contributed by atoms with van der Waals surface area (Å²) in [6, 6.07) is 6.61. The van der Waals surface area contributed by atoms with E-state index in [1.54, 1.807) is 11.8 Å². The van der Waals surface area contributed by atoms with Crippen molar-refractivity contribution >= 4 is 11.8 Å². The van der Waals surface area contributed by atoms with E-state index in [1.165, 1.54) is 16.7 Å². The van der Waals surface area contributed by atoms with Crippen LogP contribution in [0.4, 0.5) is 0 Å². The molecule has 1 aromatic carbocycles. The number of nitrogens with two attached hydrogens (primary N) is 1. The van der Waals surface area contributed by atoms with Crippen LogP contribution in [-0.4, -0.2) is 12.0 Å². The van der Waals surface area contributed by atoms with Gasteiger partial charge in [0.25, 0.3) is 0 Å². The molecule has 2 nitrogen and oxygen atoms in total. The normalized spacial score (nSPS) is 12.9. The van der Waals surface area contributed by atoms with E-state index in [0.29, 0.717) is 0 Å². The van der Waals surface area contributed by atoms with Crippen LogP contribution < -0.4 is 11.3 Å². The molecule has 0 heterocycles. The number of aryl methyl sites for hydroxylation is 1. The van der Waals surface area contributed by atoms with Gasteiger partial charge < -0.3 is 0 Å². The molecular weight excluding hydrogens is 192 g/mol. The van der Waals surface area contributed by atoms with Gasteiger partial charge >= 0.3 is 0 Å². The number of hydrogen-bond acceptors (Lipinski definition) is 3. The molecule has 1 unspecified atom stereocenters. The molecule has 0 bridgehead atoms. The molecule has 0 amide bonds. The first kappa shape index (κ1) is 11.6. The number of benzene rings is 1. The second-order valence-corrected chi connectivity index (χ2v) is 4.37. The Morgan fingerprint density at radius 3 is 2.71 bits per heavy atom. The van der Waals surface area contributed by atoms with Crippen LogP contribution in [0.2, 0.25) is 0 Å². The van der Waals surface area contributed by atoms with Gasteiger partial charge in [-0.25, -0.2) is 0 Å². The molecule has 0 aliphatic heterocycles. The van der Waals surface area contributed by atoms with Crippen LogP contribution in [0.1, 0.15) is 22.7 Å². The van der Waals surface area contributed by atoms with Crippen LogP contribution in [0.15, 0.2) is 18.2 Å². The Kier molecular flexibility index (Phi) is 4.45. The second kappa shape index (κ2) is 5.39. The zero-order valence-corrected chi connectivity index (χ0v) is 9.82. The summed E-state index contributed by atoms with van der Waals surface area (Å²) in [7, 11) is 0. The minimum Gasteiger partial charge on any atom is -0.271 e. The van der Waals surface area contributed by atoms with Gasteiger partial charge in [-0.2, -0.15) is 11.8 Å². The molecule has 78 valence electrons. The van der Waals surface area contributed by atoms with Crippen molar-refractivity contribution in [1.82, 2.24) is 5.43 Å². The van der Waals surface area contributed by atoms with Gasteiger partial charge in [-0.15, -0.1) is 0 Å². The fourth-order valence-electron chi connectivity index (χ4n) is 1.55. The van der Waals surface area contributed by atoms with Crippen molar-refractivity contribution in [1.29, 1.82) is 0 Å². The maximum absolute atomic E-state index is 5.55. The molecule has 0 aromatic heterocycles. The summed E-state index contributed by atoms with van der Waals surface area (Å²) in [6.45, 7) is 4.28. The first-order valence-electron chi connectivity index (χ1n) is 4.72. The molecule has 1 atom stereocenters. The van der Waals surface area contributed by atoms with Crippen LogP contribution in [0.3, 0.4) is 0 Å². The van der Waals surface area contributed by atoms with Crippen LogP contribution in [0.5, 0.6) is 0 Å². The van der Waals surface area contributed by atoms with E-state index >= 15 is 0 Å². The largest absolute Gasteiger partial charge is 0.271 e. The number of nitrogens with one attached hydrogen (secondary N) is 1. The first-order valence-corrected chi connectivity index (χ1v) is 6.11. The Hall–Kier alpha value is -0.510. The van der Waals surface area contributed by atoms with Crippen molar-refractivity contribution < 1.29 is 0 Å². The van der Waals surface area contributed by atoms with E-state index < -0.39 is 0 Å². The summed E-state index contributed by atoms with van der Waals surface area (Å²) >= 11 is 1.80. The van der Waals surface area contributed by atoms with Gasteiger partial charge in [0.05, 0.1) is 6.04 Å². The highest BCUT2D eigenvalue weighted by Gasteiger charge is 2.11. The zero-order valence-electron chi connectivity index (χ0n) is 9.00. The van der Waals surface area contributed by atoms with E-state index in [0.717, 1.165) is 5.75 Å². The molecule has 0 spiro atoms. The maximum atomic E-state index is 5.55. The average molecular weight is 210 g/mol. The predicted molar refractivity (Wildman–Crippen MR) is 64.4 cm³/mol. The van der Waals surface area contributed by atoms with Crippen LogP contribution in [0.25, 0.3) is 0 Å². The standard InChI is InChI=1S/C11H18N2S/c1-8-5-4-6-10(9(8)2)11(13-12)7-14-3/h4-6,11,13H,7,12H2,1-3H3. The smallest absolute Gasteiger partial charge is 0.0552 e. The van der Waals surface area contributed by atoms with Gasteiger partial charge in [0.2, 0.25) is 0 Å². The third kappa shape index (κ3) is 2.50. The lowest BCUT2D eigenvalue weighted by molar-refractivity contribution is 0.607. The lowest BCUT2D eigenvalue weighted by Crippen LogP contribution is -2.30. The van der Waals surface area contributed by atoms with Crippen LogP contribution in [-0.2, 0) is 0 Å². The molecule has 0 saturated heterocycles. The molecule has 0 radical (unpaired) electrons. The van der Waals surface area contributed by atoms with Gasteiger partial charge in [0.1, 0.15) is 0 Å². The number of rotatable bonds is 4. The molecule has 1 aromatic rings. The summed E-state index contributed by atoms with van der Waals surface area (Å²) < 4.78 is 0. The molecule has 0 fully saturated rings. The first-order chi connectivity index (χ1) is 6.70. The van der Waals surface area contributed by atoms with Gasteiger partial charge in [-0.3, -0.25) is 11.3 Å². The van der Waals surface area contributed by atoms with Crippen molar-refractivity contribution in [2.45, 2.75) is 19.9 Å². The Bertz CT molecular complexity index is 299. The van der Waals surface area contributed by atoms with Crippen LogP contribution in [0, 0.1) is 13.8 Å². The SMILES string of the molecule is CSCC(NN)c1cccc(C)c1C. The molecular formula is C11H18N2S. The zero-order chi connectivity index (χ0) is 10.6. The molecule has 0 saturated carbocycles. The van der Waals surface area contributed by atoms with E-state index in [-0.39, 0.29) is 6.04 Å². The highest BCUT2D eigenvalue weighted by atomic mass is 32.2.